The van der Waals surface area contributed by atoms with Crippen LogP contribution in [0.25, 0.3) is 0 Å². The summed E-state index contributed by atoms with van der Waals surface area (Å²) in [5, 5.41) is 0. The molecule has 132 valence electrons. The van der Waals surface area contributed by atoms with Crippen molar-refractivity contribution in [1.29, 1.82) is 0 Å². The van der Waals surface area contributed by atoms with Gasteiger partial charge in [-0.2, -0.15) is 0 Å². The minimum atomic E-state index is -1.04. The maximum absolute atomic E-state index is 11.0. The van der Waals surface area contributed by atoms with E-state index in [0.29, 0.717) is 0 Å². The van der Waals surface area contributed by atoms with Crippen molar-refractivity contribution in [2.75, 3.05) is 0 Å². The fraction of sp³-hybridized carbons (Fsp3) is 0.684. The molecular weight excluding hydrogens is 312 g/mol. The summed E-state index contributed by atoms with van der Waals surface area (Å²) in [5.41, 5.74) is -1.04. The zero-order chi connectivity index (χ0) is 17.2. The Balaban J connectivity index is 3.28. The molecule has 0 aromatic heterocycles. The van der Waals surface area contributed by atoms with Gasteiger partial charge in [0.1, 0.15) is 0 Å². The number of esters is 1. The second-order valence-corrected chi connectivity index (χ2v) is 6.00. The first-order chi connectivity index (χ1) is 11.2. The fourth-order valence-corrected chi connectivity index (χ4v) is 2.31. The van der Waals surface area contributed by atoms with Gasteiger partial charge in [-0.25, -0.2) is 4.79 Å². The first-order valence-corrected chi connectivity index (χ1v) is 9.24. The molecule has 0 N–H and O–H groups in total. The molecule has 0 aliphatic carbocycles. The monoisotopic (exact) mass is 342 g/mol. The van der Waals surface area contributed by atoms with Crippen molar-refractivity contribution in [1.82, 2.24) is 0 Å². The van der Waals surface area contributed by atoms with Gasteiger partial charge in [0.05, 0.1) is 0 Å². The van der Waals surface area contributed by atoms with E-state index in [1.165, 1.54) is 38.5 Å². The Morgan fingerprint density at radius 2 is 1.39 bits per heavy atom. The number of hydrogen-bond acceptors (Lipinski definition) is 3. The van der Waals surface area contributed by atoms with E-state index in [1.807, 2.05) is 0 Å². The minimum absolute atomic E-state index is 0.267. The topological polar surface area (TPSA) is 43.4 Å². The Bertz CT molecular complexity index is 362. The van der Waals surface area contributed by atoms with Gasteiger partial charge in [0.2, 0.25) is 0 Å². The van der Waals surface area contributed by atoms with Gasteiger partial charge in [0, 0.05) is 18.0 Å². The second kappa shape index (κ2) is 17.3. The molecule has 3 nitrogen and oxygen atoms in total. The van der Waals surface area contributed by atoms with Crippen LogP contribution in [0.15, 0.2) is 24.3 Å². The Kier molecular flexibility index (Phi) is 16.4. The largest absolute Gasteiger partial charge is 0.411 e. The molecular formula is C19H31ClO3. The summed E-state index contributed by atoms with van der Waals surface area (Å²) in [5.74, 6) is -0.532. The van der Waals surface area contributed by atoms with Crippen molar-refractivity contribution in [3.63, 3.8) is 0 Å². The van der Waals surface area contributed by atoms with E-state index < -0.39 is 11.4 Å². The van der Waals surface area contributed by atoms with Crippen molar-refractivity contribution in [2.24, 2.45) is 0 Å². The van der Waals surface area contributed by atoms with Gasteiger partial charge in [0.25, 0.3) is 0 Å². The summed E-state index contributed by atoms with van der Waals surface area (Å²) in [6.45, 7) is 2.23. The predicted molar refractivity (Wildman–Crippen MR) is 96.7 cm³/mol. The average molecular weight is 343 g/mol. The van der Waals surface area contributed by atoms with E-state index in [2.05, 4.69) is 36.0 Å². The van der Waals surface area contributed by atoms with E-state index in [9.17, 15) is 9.59 Å². The smallest absolute Gasteiger partial charge is 0.381 e. The second-order valence-electron chi connectivity index (χ2n) is 5.69. The SMILES string of the molecule is CCCCC/C=C\C/C=C\CCCCCCCC(=O)OC(=O)Cl. The maximum Gasteiger partial charge on any atom is 0.411 e. The fourth-order valence-electron chi connectivity index (χ4n) is 2.22. The highest BCUT2D eigenvalue weighted by Gasteiger charge is 2.06. The van der Waals surface area contributed by atoms with Crippen LogP contribution in [0.3, 0.4) is 0 Å². The highest BCUT2D eigenvalue weighted by Crippen LogP contribution is 2.09. The summed E-state index contributed by atoms with van der Waals surface area (Å²) < 4.78 is 4.24. The van der Waals surface area contributed by atoms with Crippen molar-refractivity contribution in [3.05, 3.63) is 24.3 Å². The van der Waals surface area contributed by atoms with Crippen LogP contribution < -0.4 is 0 Å². The van der Waals surface area contributed by atoms with Crippen molar-refractivity contribution >= 4 is 23.0 Å². The Morgan fingerprint density at radius 3 is 2.00 bits per heavy atom. The number of carbonyl (C=O) groups excluding carboxylic acids is 2. The first-order valence-electron chi connectivity index (χ1n) is 8.87. The number of ether oxygens (including phenoxy) is 1. The molecule has 0 bridgehead atoms. The number of carbonyl (C=O) groups is 2. The molecule has 4 heteroatoms. The van der Waals surface area contributed by atoms with Crippen molar-refractivity contribution < 1.29 is 14.3 Å². The standard InChI is InChI=1S/C19H31ClO3/c1-2-3-4-5-6-7-8-9-10-11-12-13-14-15-16-17-18(21)23-19(20)22/h6-7,9-10H,2-5,8,11-17H2,1H3/b7-6-,10-9-. The molecule has 0 spiro atoms. The Labute approximate surface area is 146 Å². The van der Waals surface area contributed by atoms with Gasteiger partial charge < -0.3 is 4.74 Å². The van der Waals surface area contributed by atoms with Crippen LogP contribution >= 0.6 is 11.6 Å². The molecule has 0 heterocycles. The average Bonchev–Trinajstić information content (AvgIpc) is 2.50. The van der Waals surface area contributed by atoms with Crippen LogP contribution in [-0.2, 0) is 9.53 Å². The summed E-state index contributed by atoms with van der Waals surface area (Å²) >= 11 is 4.95. The zero-order valence-electron chi connectivity index (χ0n) is 14.4. The summed E-state index contributed by atoms with van der Waals surface area (Å²) in [6, 6.07) is 0. The molecule has 0 aromatic rings. The lowest BCUT2D eigenvalue weighted by Gasteiger charge is -2.00. The third kappa shape index (κ3) is 18.9. The Morgan fingerprint density at radius 1 is 0.826 bits per heavy atom. The molecule has 0 rings (SSSR count). The maximum atomic E-state index is 11.0. The molecule has 0 aromatic carbocycles. The molecule has 0 aliphatic heterocycles. The molecule has 0 aliphatic rings. The van der Waals surface area contributed by atoms with Gasteiger partial charge in [0.15, 0.2) is 0 Å². The van der Waals surface area contributed by atoms with Gasteiger partial charge in [-0.05, 0) is 38.5 Å². The number of rotatable bonds is 14. The number of halogens is 1. The van der Waals surface area contributed by atoms with Gasteiger partial charge in [-0.3, -0.25) is 4.79 Å². The summed E-state index contributed by atoms with van der Waals surface area (Å²) in [4.78, 5) is 21.4. The lowest BCUT2D eigenvalue weighted by atomic mass is 10.1. The number of hydrogen-bond donors (Lipinski definition) is 0. The number of unbranched alkanes of at least 4 members (excludes halogenated alkanes) is 8. The van der Waals surface area contributed by atoms with Gasteiger partial charge in [-0.1, -0.05) is 63.3 Å². The van der Waals surface area contributed by atoms with E-state index >= 15 is 0 Å². The van der Waals surface area contributed by atoms with Crippen molar-refractivity contribution in [2.45, 2.75) is 84.0 Å². The molecule has 0 radical (unpaired) electrons. The van der Waals surface area contributed by atoms with E-state index in [1.54, 1.807) is 0 Å². The molecule has 0 fully saturated rings. The zero-order valence-corrected chi connectivity index (χ0v) is 15.2. The summed E-state index contributed by atoms with van der Waals surface area (Å²) in [6.07, 6.45) is 21.7. The summed E-state index contributed by atoms with van der Waals surface area (Å²) in [7, 11) is 0. The third-order valence-electron chi connectivity index (χ3n) is 3.53. The quantitative estimate of drug-likeness (QED) is 0.116. The lowest BCUT2D eigenvalue weighted by molar-refractivity contribution is -0.136. The van der Waals surface area contributed by atoms with Crippen molar-refractivity contribution in [3.8, 4) is 0 Å². The molecule has 0 atom stereocenters. The number of allylic oxidation sites excluding steroid dienone is 4. The van der Waals surface area contributed by atoms with Crippen LogP contribution in [0.2, 0.25) is 0 Å². The van der Waals surface area contributed by atoms with Gasteiger partial charge >= 0.3 is 11.4 Å². The molecule has 0 saturated heterocycles. The van der Waals surface area contributed by atoms with Crippen LogP contribution in [0.1, 0.15) is 84.0 Å². The molecule has 0 amide bonds. The van der Waals surface area contributed by atoms with Crippen LogP contribution in [0.4, 0.5) is 4.79 Å². The third-order valence-corrected chi connectivity index (χ3v) is 3.60. The first kappa shape index (κ1) is 21.9. The van der Waals surface area contributed by atoms with E-state index in [-0.39, 0.29) is 6.42 Å². The normalized spacial score (nSPS) is 11.4. The highest BCUT2D eigenvalue weighted by molar-refractivity contribution is 6.61. The predicted octanol–water partition coefficient (Wildman–Crippen LogP) is 6.70. The lowest BCUT2D eigenvalue weighted by Crippen LogP contribution is -2.05. The van der Waals surface area contributed by atoms with E-state index in [0.717, 1.165) is 32.1 Å². The van der Waals surface area contributed by atoms with Crippen LogP contribution in [0, 0.1) is 0 Å². The minimum Gasteiger partial charge on any atom is -0.381 e. The van der Waals surface area contributed by atoms with Crippen LogP contribution in [-0.4, -0.2) is 11.4 Å². The highest BCUT2D eigenvalue weighted by atomic mass is 35.5. The van der Waals surface area contributed by atoms with E-state index in [4.69, 9.17) is 11.6 Å². The van der Waals surface area contributed by atoms with Crippen LogP contribution in [0.5, 0.6) is 0 Å². The Hall–Kier alpha value is -1.09. The van der Waals surface area contributed by atoms with Gasteiger partial charge in [-0.15, -0.1) is 0 Å². The molecule has 0 unspecified atom stereocenters. The molecule has 0 saturated carbocycles. The molecule has 23 heavy (non-hydrogen) atoms.